The molecule has 0 fully saturated rings. The maximum absolute atomic E-state index is 12.6. The van der Waals surface area contributed by atoms with Crippen molar-refractivity contribution in [3.05, 3.63) is 89.0 Å². The molecule has 3 aromatic rings. The summed E-state index contributed by atoms with van der Waals surface area (Å²) >= 11 is 1.41. The molecule has 3 aromatic carbocycles. The summed E-state index contributed by atoms with van der Waals surface area (Å²) in [5.41, 5.74) is 3.53. The van der Waals surface area contributed by atoms with Crippen molar-refractivity contribution in [2.45, 2.75) is 30.9 Å². The number of thioether (sulfide) groups is 1. The van der Waals surface area contributed by atoms with Crippen LogP contribution in [0.25, 0.3) is 0 Å². The predicted octanol–water partition coefficient (Wildman–Crippen LogP) is 5.37. The lowest BCUT2D eigenvalue weighted by atomic mass is 10.1. The second kappa shape index (κ2) is 10.2. The molecular formula is C25H24N2O4S. The zero-order chi connectivity index (χ0) is 23.3. The third-order valence-corrected chi connectivity index (χ3v) is 5.95. The molecule has 3 rings (SSSR count). The summed E-state index contributed by atoms with van der Waals surface area (Å²) in [6, 6.07) is 19.0. The molecule has 0 bridgehead atoms. The van der Waals surface area contributed by atoms with Gasteiger partial charge in [0.1, 0.15) is 0 Å². The minimum atomic E-state index is -1.16. The first-order valence-electron chi connectivity index (χ1n) is 10.0. The van der Waals surface area contributed by atoms with Crippen molar-refractivity contribution in [2.24, 2.45) is 0 Å². The van der Waals surface area contributed by atoms with Crippen LogP contribution in [0.15, 0.2) is 71.6 Å². The first-order valence-corrected chi connectivity index (χ1v) is 10.9. The smallest absolute Gasteiger partial charge is 0.336 e. The molecule has 0 spiro atoms. The third-order valence-electron chi connectivity index (χ3n) is 4.84. The van der Waals surface area contributed by atoms with Gasteiger partial charge in [-0.3, -0.25) is 9.59 Å². The van der Waals surface area contributed by atoms with Crippen molar-refractivity contribution in [1.29, 1.82) is 0 Å². The predicted molar refractivity (Wildman–Crippen MR) is 128 cm³/mol. The van der Waals surface area contributed by atoms with Crippen LogP contribution in [0.3, 0.4) is 0 Å². The van der Waals surface area contributed by atoms with E-state index in [0.29, 0.717) is 5.69 Å². The number of rotatable bonds is 7. The van der Waals surface area contributed by atoms with Crippen LogP contribution >= 0.6 is 11.8 Å². The van der Waals surface area contributed by atoms with Crippen molar-refractivity contribution in [3.8, 4) is 0 Å². The number of hydrogen-bond donors (Lipinski definition) is 3. The Morgan fingerprint density at radius 3 is 2.16 bits per heavy atom. The summed E-state index contributed by atoms with van der Waals surface area (Å²) < 4.78 is 0. The van der Waals surface area contributed by atoms with E-state index in [9.17, 15) is 19.5 Å². The summed E-state index contributed by atoms with van der Waals surface area (Å²) in [5, 5.41) is 14.6. The standard InChI is InChI=1S/C25H24N2O4S/c1-15-8-13-22(16(2)14-15)27-23(28)17(3)32-19-11-9-18(10-12-19)26-24(29)20-6-4-5-7-21(20)25(30)31/h4-14,17H,1-3H3,(H,26,29)(H,27,28)(H,30,31). The molecule has 0 saturated heterocycles. The Morgan fingerprint density at radius 1 is 0.875 bits per heavy atom. The largest absolute Gasteiger partial charge is 0.478 e. The monoisotopic (exact) mass is 448 g/mol. The number of carboxylic acids is 1. The maximum Gasteiger partial charge on any atom is 0.336 e. The number of nitrogens with one attached hydrogen (secondary N) is 2. The summed E-state index contributed by atoms with van der Waals surface area (Å²) in [6.45, 7) is 5.80. The van der Waals surface area contributed by atoms with Crippen LogP contribution in [-0.2, 0) is 4.79 Å². The van der Waals surface area contributed by atoms with Gasteiger partial charge in [0.15, 0.2) is 0 Å². The van der Waals surface area contributed by atoms with Gasteiger partial charge in [-0.2, -0.15) is 0 Å². The average Bonchev–Trinajstić information content (AvgIpc) is 2.76. The molecule has 1 atom stereocenters. The number of benzene rings is 3. The van der Waals surface area contributed by atoms with Gasteiger partial charge in [0, 0.05) is 16.3 Å². The quantitative estimate of drug-likeness (QED) is 0.422. The number of carbonyl (C=O) groups excluding carboxylic acids is 2. The normalized spacial score (nSPS) is 11.5. The number of anilines is 2. The molecule has 6 nitrogen and oxygen atoms in total. The van der Waals surface area contributed by atoms with E-state index in [1.807, 2.05) is 51.1 Å². The molecular weight excluding hydrogens is 424 g/mol. The van der Waals surface area contributed by atoms with E-state index in [1.54, 1.807) is 24.3 Å². The SMILES string of the molecule is Cc1ccc(NC(=O)C(C)Sc2ccc(NC(=O)c3ccccc3C(=O)O)cc2)c(C)c1. The second-order valence-electron chi connectivity index (χ2n) is 7.40. The fraction of sp³-hybridized carbons (Fsp3) is 0.160. The average molecular weight is 449 g/mol. The highest BCUT2D eigenvalue weighted by Crippen LogP contribution is 2.26. The lowest BCUT2D eigenvalue weighted by Gasteiger charge is -2.14. The van der Waals surface area contributed by atoms with Gasteiger partial charge in [-0.1, -0.05) is 29.8 Å². The van der Waals surface area contributed by atoms with Crippen molar-refractivity contribution < 1.29 is 19.5 Å². The highest BCUT2D eigenvalue weighted by molar-refractivity contribution is 8.00. The van der Waals surface area contributed by atoms with Gasteiger partial charge in [0.2, 0.25) is 5.91 Å². The number of carbonyl (C=O) groups is 3. The van der Waals surface area contributed by atoms with Crippen LogP contribution in [0.1, 0.15) is 38.8 Å². The Bertz CT molecular complexity index is 1160. The van der Waals surface area contributed by atoms with Crippen LogP contribution in [0, 0.1) is 13.8 Å². The molecule has 0 aliphatic heterocycles. The highest BCUT2D eigenvalue weighted by atomic mass is 32.2. The number of aromatic carboxylic acids is 1. The van der Waals surface area contributed by atoms with Gasteiger partial charge in [-0.05, 0) is 68.8 Å². The van der Waals surface area contributed by atoms with Crippen molar-refractivity contribution >= 4 is 40.9 Å². The molecule has 7 heteroatoms. The van der Waals surface area contributed by atoms with Crippen LogP contribution in [0.4, 0.5) is 11.4 Å². The molecule has 0 heterocycles. The van der Waals surface area contributed by atoms with Crippen molar-refractivity contribution in [1.82, 2.24) is 0 Å². The Balaban J connectivity index is 1.61. The van der Waals surface area contributed by atoms with E-state index in [2.05, 4.69) is 10.6 Å². The zero-order valence-corrected chi connectivity index (χ0v) is 18.8. The Kier molecular flexibility index (Phi) is 7.33. The number of hydrogen-bond acceptors (Lipinski definition) is 4. The summed E-state index contributed by atoms with van der Waals surface area (Å²) in [4.78, 5) is 37.2. The maximum atomic E-state index is 12.6. The molecule has 3 N–H and O–H groups in total. The first kappa shape index (κ1) is 23.1. The molecule has 0 aromatic heterocycles. The Morgan fingerprint density at radius 2 is 1.53 bits per heavy atom. The topological polar surface area (TPSA) is 95.5 Å². The lowest BCUT2D eigenvalue weighted by molar-refractivity contribution is -0.115. The first-order chi connectivity index (χ1) is 15.2. The lowest BCUT2D eigenvalue weighted by Crippen LogP contribution is -2.22. The number of carboxylic acid groups (broad SMARTS) is 1. The van der Waals surface area contributed by atoms with Crippen LogP contribution in [0.5, 0.6) is 0 Å². The Hall–Kier alpha value is -3.58. The fourth-order valence-corrected chi connectivity index (χ4v) is 4.00. The molecule has 1 unspecified atom stereocenters. The molecule has 0 aliphatic carbocycles. The van der Waals surface area contributed by atoms with Crippen LogP contribution in [-0.4, -0.2) is 28.1 Å². The summed E-state index contributed by atoms with van der Waals surface area (Å²) in [6.07, 6.45) is 0. The van der Waals surface area contributed by atoms with Crippen molar-refractivity contribution in [3.63, 3.8) is 0 Å². The van der Waals surface area contributed by atoms with Gasteiger partial charge < -0.3 is 15.7 Å². The highest BCUT2D eigenvalue weighted by Gasteiger charge is 2.17. The van der Waals surface area contributed by atoms with Gasteiger partial charge in [-0.25, -0.2) is 4.79 Å². The van der Waals surface area contributed by atoms with E-state index in [4.69, 9.17) is 0 Å². The zero-order valence-electron chi connectivity index (χ0n) is 18.0. The van der Waals surface area contributed by atoms with E-state index < -0.39 is 11.9 Å². The number of amides is 2. The van der Waals surface area contributed by atoms with E-state index in [-0.39, 0.29) is 22.3 Å². The van der Waals surface area contributed by atoms with Crippen LogP contribution < -0.4 is 10.6 Å². The second-order valence-corrected chi connectivity index (χ2v) is 8.81. The minimum Gasteiger partial charge on any atom is -0.478 e. The molecule has 2 amide bonds. The van der Waals surface area contributed by atoms with E-state index >= 15 is 0 Å². The van der Waals surface area contributed by atoms with Crippen molar-refractivity contribution in [2.75, 3.05) is 10.6 Å². The van der Waals surface area contributed by atoms with Gasteiger partial charge in [-0.15, -0.1) is 11.8 Å². The Labute approximate surface area is 191 Å². The molecule has 32 heavy (non-hydrogen) atoms. The van der Waals surface area contributed by atoms with Gasteiger partial charge in [0.25, 0.3) is 5.91 Å². The molecule has 164 valence electrons. The van der Waals surface area contributed by atoms with Crippen LogP contribution in [0.2, 0.25) is 0 Å². The minimum absolute atomic E-state index is 0.0548. The summed E-state index contributed by atoms with van der Waals surface area (Å²) in [5.74, 6) is -1.75. The molecule has 0 aliphatic rings. The van der Waals surface area contributed by atoms with E-state index in [0.717, 1.165) is 21.7 Å². The van der Waals surface area contributed by atoms with Gasteiger partial charge >= 0.3 is 5.97 Å². The molecule has 0 saturated carbocycles. The van der Waals surface area contributed by atoms with E-state index in [1.165, 1.54) is 23.9 Å². The fourth-order valence-electron chi connectivity index (χ4n) is 3.13. The third kappa shape index (κ3) is 5.76. The number of aryl methyl sites for hydroxylation is 2. The molecule has 0 radical (unpaired) electrons. The van der Waals surface area contributed by atoms with Gasteiger partial charge in [0.05, 0.1) is 16.4 Å². The summed E-state index contributed by atoms with van der Waals surface area (Å²) in [7, 11) is 0.